The number of carbonyl (C=O) groups is 1. The molecular weight excluding hydrogens is 269 g/mol. The number of halogens is 1. The van der Waals surface area contributed by atoms with Crippen LogP contribution in [0.4, 0.5) is 10.2 Å². The summed E-state index contributed by atoms with van der Waals surface area (Å²) in [5.74, 6) is 0.0180. The molecule has 1 N–H and O–H groups in total. The summed E-state index contributed by atoms with van der Waals surface area (Å²) in [4.78, 5) is 18.4. The van der Waals surface area contributed by atoms with E-state index in [4.69, 9.17) is 0 Å². The monoisotopic (exact) mass is 293 g/mol. The Kier molecular flexibility index (Phi) is 5.15. The summed E-state index contributed by atoms with van der Waals surface area (Å²) in [5.41, 5.74) is 0.116. The van der Waals surface area contributed by atoms with Crippen LogP contribution in [-0.2, 0) is 0 Å². The van der Waals surface area contributed by atoms with Gasteiger partial charge in [-0.05, 0) is 38.2 Å². The molecule has 4 nitrogen and oxygen atoms in total. The Morgan fingerprint density at radius 2 is 2.29 bits per heavy atom. The molecule has 1 aliphatic rings. The van der Waals surface area contributed by atoms with Crippen LogP contribution in [0.2, 0.25) is 0 Å². The molecule has 2 rings (SSSR count). The van der Waals surface area contributed by atoms with Gasteiger partial charge in [0.05, 0.1) is 5.56 Å². The SMILES string of the molecule is CCCNc1nccc(C(=O)N2CCC(C)CC2C)c1F. The maximum atomic E-state index is 14.4. The molecule has 0 aromatic carbocycles. The predicted octanol–water partition coefficient (Wildman–Crippen LogP) is 3.30. The fourth-order valence-corrected chi connectivity index (χ4v) is 2.84. The highest BCUT2D eigenvalue weighted by Crippen LogP contribution is 2.25. The number of likely N-dealkylation sites (tertiary alicyclic amines) is 1. The Bertz CT molecular complexity index is 506. The summed E-state index contributed by atoms with van der Waals surface area (Å²) >= 11 is 0. The molecule has 116 valence electrons. The normalized spacial score (nSPS) is 22.2. The van der Waals surface area contributed by atoms with Crippen molar-refractivity contribution in [2.24, 2.45) is 5.92 Å². The standard InChI is InChI=1S/C16H24FN3O/c1-4-7-18-15-14(17)13(5-8-19-15)16(21)20-9-6-11(2)10-12(20)3/h5,8,11-12H,4,6-7,9-10H2,1-3H3,(H,18,19). The smallest absolute Gasteiger partial charge is 0.257 e. The van der Waals surface area contributed by atoms with Gasteiger partial charge in [-0.1, -0.05) is 13.8 Å². The van der Waals surface area contributed by atoms with E-state index in [0.29, 0.717) is 19.0 Å². The number of pyridine rings is 1. The van der Waals surface area contributed by atoms with Gasteiger partial charge in [0.15, 0.2) is 11.6 Å². The summed E-state index contributed by atoms with van der Waals surface area (Å²) in [5, 5.41) is 2.92. The minimum absolute atomic E-state index is 0.116. The molecule has 2 unspecified atom stereocenters. The first-order chi connectivity index (χ1) is 10.0. The van der Waals surface area contributed by atoms with Crippen molar-refractivity contribution in [3.63, 3.8) is 0 Å². The highest BCUT2D eigenvalue weighted by molar-refractivity contribution is 5.95. The van der Waals surface area contributed by atoms with Gasteiger partial charge in [0, 0.05) is 25.3 Å². The molecule has 2 heterocycles. The van der Waals surface area contributed by atoms with Gasteiger partial charge in [0.25, 0.3) is 5.91 Å². The third-order valence-corrected chi connectivity index (χ3v) is 4.06. The van der Waals surface area contributed by atoms with E-state index < -0.39 is 5.82 Å². The predicted molar refractivity (Wildman–Crippen MR) is 81.9 cm³/mol. The Morgan fingerprint density at radius 3 is 2.95 bits per heavy atom. The molecule has 0 spiro atoms. The van der Waals surface area contributed by atoms with E-state index in [1.54, 1.807) is 4.90 Å². The molecular formula is C16H24FN3O. The number of aromatic nitrogens is 1. The molecule has 21 heavy (non-hydrogen) atoms. The van der Waals surface area contributed by atoms with E-state index in [1.807, 2.05) is 13.8 Å². The van der Waals surface area contributed by atoms with Gasteiger partial charge < -0.3 is 10.2 Å². The molecule has 5 heteroatoms. The van der Waals surface area contributed by atoms with Crippen molar-refractivity contribution in [1.82, 2.24) is 9.88 Å². The Labute approximate surface area is 125 Å². The molecule has 1 saturated heterocycles. The number of nitrogens with one attached hydrogen (secondary N) is 1. The fraction of sp³-hybridized carbons (Fsp3) is 0.625. The molecule has 0 radical (unpaired) electrons. The second kappa shape index (κ2) is 6.87. The zero-order chi connectivity index (χ0) is 15.4. The quantitative estimate of drug-likeness (QED) is 0.926. The van der Waals surface area contributed by atoms with E-state index in [-0.39, 0.29) is 23.3 Å². The molecule has 0 aliphatic carbocycles. The molecule has 1 fully saturated rings. The van der Waals surface area contributed by atoms with Crippen molar-refractivity contribution in [3.8, 4) is 0 Å². The van der Waals surface area contributed by atoms with Gasteiger partial charge in [0.1, 0.15) is 0 Å². The number of nitrogens with zero attached hydrogens (tertiary/aromatic N) is 2. The molecule has 0 bridgehead atoms. The van der Waals surface area contributed by atoms with Gasteiger partial charge in [-0.25, -0.2) is 9.37 Å². The molecule has 1 amide bonds. The van der Waals surface area contributed by atoms with Crippen molar-refractivity contribution in [2.45, 2.75) is 46.1 Å². The first-order valence-corrected chi connectivity index (χ1v) is 7.74. The van der Waals surface area contributed by atoms with E-state index in [0.717, 1.165) is 19.3 Å². The van der Waals surface area contributed by atoms with Gasteiger partial charge in [0.2, 0.25) is 0 Å². The number of hydrogen-bond donors (Lipinski definition) is 1. The molecule has 1 aromatic heterocycles. The average Bonchev–Trinajstić information content (AvgIpc) is 2.45. The molecule has 1 aliphatic heterocycles. The fourth-order valence-electron chi connectivity index (χ4n) is 2.84. The second-order valence-electron chi connectivity index (χ2n) is 5.92. The van der Waals surface area contributed by atoms with Crippen LogP contribution in [-0.4, -0.2) is 34.9 Å². The van der Waals surface area contributed by atoms with Crippen molar-refractivity contribution in [1.29, 1.82) is 0 Å². The topological polar surface area (TPSA) is 45.2 Å². The van der Waals surface area contributed by atoms with E-state index in [9.17, 15) is 9.18 Å². The summed E-state index contributed by atoms with van der Waals surface area (Å²) < 4.78 is 14.4. The molecule has 0 saturated carbocycles. The summed E-state index contributed by atoms with van der Waals surface area (Å²) in [6, 6.07) is 1.63. The highest BCUT2D eigenvalue weighted by Gasteiger charge is 2.29. The summed E-state index contributed by atoms with van der Waals surface area (Å²) in [7, 11) is 0. The minimum atomic E-state index is -0.540. The van der Waals surface area contributed by atoms with Crippen LogP contribution in [0.3, 0.4) is 0 Å². The van der Waals surface area contributed by atoms with Crippen LogP contribution >= 0.6 is 0 Å². The number of rotatable bonds is 4. The number of amides is 1. The zero-order valence-corrected chi connectivity index (χ0v) is 13.0. The number of hydrogen-bond acceptors (Lipinski definition) is 3. The van der Waals surface area contributed by atoms with Gasteiger partial charge in [-0.3, -0.25) is 4.79 Å². The Morgan fingerprint density at radius 1 is 1.52 bits per heavy atom. The second-order valence-corrected chi connectivity index (χ2v) is 5.92. The van der Waals surface area contributed by atoms with Crippen molar-refractivity contribution >= 4 is 11.7 Å². The van der Waals surface area contributed by atoms with Crippen molar-refractivity contribution in [3.05, 3.63) is 23.6 Å². The van der Waals surface area contributed by atoms with E-state index in [1.165, 1.54) is 12.3 Å². The Balaban J connectivity index is 2.19. The largest absolute Gasteiger partial charge is 0.368 e. The minimum Gasteiger partial charge on any atom is -0.368 e. The van der Waals surface area contributed by atoms with Crippen LogP contribution in [0.5, 0.6) is 0 Å². The number of carbonyl (C=O) groups excluding carboxylic acids is 1. The van der Waals surface area contributed by atoms with E-state index in [2.05, 4.69) is 17.2 Å². The zero-order valence-electron chi connectivity index (χ0n) is 13.0. The summed E-state index contributed by atoms with van der Waals surface area (Å²) in [6.07, 6.45) is 4.31. The third kappa shape index (κ3) is 3.52. The lowest BCUT2D eigenvalue weighted by atomic mass is 9.93. The van der Waals surface area contributed by atoms with Crippen molar-refractivity contribution < 1.29 is 9.18 Å². The van der Waals surface area contributed by atoms with E-state index >= 15 is 0 Å². The Hall–Kier alpha value is -1.65. The van der Waals surface area contributed by atoms with Crippen LogP contribution in [0.1, 0.15) is 50.4 Å². The van der Waals surface area contributed by atoms with Crippen LogP contribution in [0.15, 0.2) is 12.3 Å². The lowest BCUT2D eigenvalue weighted by Crippen LogP contribution is -2.44. The van der Waals surface area contributed by atoms with Crippen LogP contribution in [0.25, 0.3) is 0 Å². The van der Waals surface area contributed by atoms with Crippen LogP contribution < -0.4 is 5.32 Å². The van der Waals surface area contributed by atoms with Gasteiger partial charge in [-0.2, -0.15) is 0 Å². The lowest BCUT2D eigenvalue weighted by Gasteiger charge is -2.36. The van der Waals surface area contributed by atoms with Gasteiger partial charge >= 0.3 is 0 Å². The maximum Gasteiger partial charge on any atom is 0.257 e. The summed E-state index contributed by atoms with van der Waals surface area (Å²) in [6.45, 7) is 7.55. The molecule has 2 atom stereocenters. The first kappa shape index (κ1) is 15.7. The van der Waals surface area contributed by atoms with Crippen molar-refractivity contribution in [2.75, 3.05) is 18.4 Å². The third-order valence-electron chi connectivity index (χ3n) is 4.06. The highest BCUT2D eigenvalue weighted by atomic mass is 19.1. The lowest BCUT2D eigenvalue weighted by molar-refractivity contribution is 0.0584. The average molecular weight is 293 g/mol. The maximum absolute atomic E-state index is 14.4. The molecule has 1 aromatic rings. The number of anilines is 1. The van der Waals surface area contributed by atoms with Gasteiger partial charge in [-0.15, -0.1) is 0 Å². The van der Waals surface area contributed by atoms with Crippen LogP contribution in [0, 0.1) is 11.7 Å². The number of piperidine rings is 1. The first-order valence-electron chi connectivity index (χ1n) is 7.74.